The van der Waals surface area contributed by atoms with Crippen molar-refractivity contribution in [3.05, 3.63) is 11.6 Å². The van der Waals surface area contributed by atoms with Crippen molar-refractivity contribution in [2.45, 2.75) is 32.8 Å². The molecular formula is C12H16O4. The van der Waals surface area contributed by atoms with Crippen LogP contribution in [0.1, 0.15) is 26.7 Å². The third-order valence-corrected chi connectivity index (χ3v) is 3.73. The second-order valence-electron chi connectivity index (χ2n) is 4.76. The van der Waals surface area contributed by atoms with Crippen molar-refractivity contribution in [3.8, 4) is 0 Å². The number of rotatable bonds is 1. The second-order valence-corrected chi connectivity index (χ2v) is 4.76. The first-order valence-corrected chi connectivity index (χ1v) is 5.64. The molecule has 0 amide bonds. The second kappa shape index (κ2) is 3.92. The van der Waals surface area contributed by atoms with E-state index in [0.29, 0.717) is 18.4 Å². The molecule has 1 aliphatic carbocycles. The number of ether oxygens (including phenoxy) is 1. The van der Waals surface area contributed by atoms with Crippen LogP contribution in [0, 0.1) is 17.8 Å². The van der Waals surface area contributed by atoms with Crippen LogP contribution in [0.15, 0.2) is 11.6 Å². The molecule has 0 bridgehead atoms. The van der Waals surface area contributed by atoms with Gasteiger partial charge in [0.1, 0.15) is 6.10 Å². The van der Waals surface area contributed by atoms with Crippen molar-refractivity contribution in [2.24, 2.45) is 17.8 Å². The molecule has 0 aromatic rings. The summed E-state index contributed by atoms with van der Waals surface area (Å²) in [5.41, 5.74) is 0.456. The molecule has 2 rings (SSSR count). The number of carboxylic acids is 1. The van der Waals surface area contributed by atoms with Gasteiger partial charge in [-0.3, -0.25) is 4.79 Å². The molecule has 0 aromatic carbocycles. The number of allylic oxidation sites excluding steroid dienone is 1. The predicted molar refractivity (Wildman–Crippen MR) is 56.7 cm³/mol. The average molecular weight is 224 g/mol. The largest absolute Gasteiger partial charge is 0.478 e. The number of fused-ring (bicyclic) bond motifs is 1. The summed E-state index contributed by atoms with van der Waals surface area (Å²) in [6.07, 6.45) is 2.91. The highest BCUT2D eigenvalue weighted by Gasteiger charge is 2.43. The maximum absolute atomic E-state index is 11.4. The van der Waals surface area contributed by atoms with Gasteiger partial charge in [-0.1, -0.05) is 19.9 Å². The van der Waals surface area contributed by atoms with Crippen molar-refractivity contribution in [1.82, 2.24) is 0 Å². The Bertz CT molecular complexity index is 358. The molecule has 4 heteroatoms. The molecule has 2 aliphatic rings. The lowest BCUT2D eigenvalue weighted by molar-refractivity contribution is -0.144. The summed E-state index contributed by atoms with van der Waals surface area (Å²) in [7, 11) is 0. The van der Waals surface area contributed by atoms with Crippen LogP contribution in [0.4, 0.5) is 0 Å². The summed E-state index contributed by atoms with van der Waals surface area (Å²) in [5.74, 6) is -1.01. The van der Waals surface area contributed by atoms with E-state index in [1.807, 2.05) is 13.8 Å². The summed E-state index contributed by atoms with van der Waals surface area (Å²) in [4.78, 5) is 22.4. The maximum Gasteiger partial charge on any atom is 0.331 e. The maximum atomic E-state index is 11.4. The van der Waals surface area contributed by atoms with E-state index in [-0.39, 0.29) is 29.8 Å². The number of carboxylic acid groups (broad SMARTS) is 1. The number of carbonyl (C=O) groups is 2. The number of hydrogen-bond donors (Lipinski definition) is 1. The van der Waals surface area contributed by atoms with Gasteiger partial charge in [0.25, 0.3) is 0 Å². The molecule has 0 aromatic heterocycles. The zero-order valence-electron chi connectivity index (χ0n) is 9.47. The monoisotopic (exact) mass is 224 g/mol. The summed E-state index contributed by atoms with van der Waals surface area (Å²) in [5, 5.41) is 9.04. The Hall–Kier alpha value is -1.32. The third-order valence-electron chi connectivity index (χ3n) is 3.73. The fourth-order valence-electron chi connectivity index (χ4n) is 2.66. The van der Waals surface area contributed by atoms with Crippen LogP contribution in [0.3, 0.4) is 0 Å². The van der Waals surface area contributed by atoms with Crippen LogP contribution in [-0.4, -0.2) is 23.1 Å². The predicted octanol–water partition coefficient (Wildman–Crippen LogP) is 1.60. The van der Waals surface area contributed by atoms with E-state index in [4.69, 9.17) is 9.84 Å². The summed E-state index contributed by atoms with van der Waals surface area (Å²) < 4.78 is 5.29. The lowest BCUT2D eigenvalue weighted by Gasteiger charge is -2.17. The SMILES string of the molecule is C[C@H]1C[C@@H]2OC(=O)[C@H](C)[C@@H]2CC=C1C(=O)O. The zero-order chi connectivity index (χ0) is 11.9. The highest BCUT2D eigenvalue weighted by Crippen LogP contribution is 2.38. The normalized spacial score (nSPS) is 38.4. The van der Waals surface area contributed by atoms with Crippen LogP contribution >= 0.6 is 0 Å². The quantitative estimate of drug-likeness (QED) is 0.687. The molecule has 1 fully saturated rings. The molecule has 1 N–H and O–H groups in total. The van der Waals surface area contributed by atoms with Crippen molar-refractivity contribution in [1.29, 1.82) is 0 Å². The Morgan fingerprint density at radius 1 is 1.50 bits per heavy atom. The Morgan fingerprint density at radius 2 is 2.19 bits per heavy atom. The first-order valence-electron chi connectivity index (χ1n) is 5.64. The van der Waals surface area contributed by atoms with Crippen LogP contribution < -0.4 is 0 Å². The molecule has 0 saturated carbocycles. The molecule has 16 heavy (non-hydrogen) atoms. The lowest BCUT2D eigenvalue weighted by Crippen LogP contribution is -2.20. The fourth-order valence-corrected chi connectivity index (χ4v) is 2.66. The molecule has 1 aliphatic heterocycles. The van der Waals surface area contributed by atoms with Crippen LogP contribution in [0.25, 0.3) is 0 Å². The Kier molecular flexibility index (Phi) is 2.74. The molecule has 0 unspecified atom stereocenters. The van der Waals surface area contributed by atoms with E-state index >= 15 is 0 Å². The van der Waals surface area contributed by atoms with Crippen LogP contribution in [0.5, 0.6) is 0 Å². The Balaban J connectivity index is 2.22. The molecule has 0 radical (unpaired) electrons. The van der Waals surface area contributed by atoms with Gasteiger partial charge >= 0.3 is 11.9 Å². The van der Waals surface area contributed by atoms with Gasteiger partial charge in [0.05, 0.1) is 5.92 Å². The van der Waals surface area contributed by atoms with Gasteiger partial charge in [-0.05, 0) is 18.8 Å². The van der Waals surface area contributed by atoms with Gasteiger partial charge in [-0.15, -0.1) is 0 Å². The van der Waals surface area contributed by atoms with Gasteiger partial charge in [0, 0.05) is 11.5 Å². The zero-order valence-corrected chi connectivity index (χ0v) is 9.47. The molecule has 4 nitrogen and oxygen atoms in total. The minimum absolute atomic E-state index is 0.0504. The standard InChI is InChI=1S/C12H16O4/c1-6-5-10-9(7(2)12(15)16-10)4-3-8(6)11(13)14/h3,6-7,9-10H,4-5H2,1-2H3,(H,13,14)/t6-,7+,9-,10-/m0/s1. The van der Waals surface area contributed by atoms with E-state index in [1.165, 1.54) is 0 Å². The highest BCUT2D eigenvalue weighted by atomic mass is 16.6. The fraction of sp³-hybridized carbons (Fsp3) is 0.667. The number of hydrogen-bond acceptors (Lipinski definition) is 3. The minimum Gasteiger partial charge on any atom is -0.478 e. The minimum atomic E-state index is -0.855. The van der Waals surface area contributed by atoms with Gasteiger partial charge in [0.15, 0.2) is 0 Å². The smallest absolute Gasteiger partial charge is 0.331 e. The molecular weight excluding hydrogens is 208 g/mol. The molecule has 88 valence electrons. The van der Waals surface area contributed by atoms with E-state index in [0.717, 1.165) is 0 Å². The van der Waals surface area contributed by atoms with Crippen molar-refractivity contribution < 1.29 is 19.4 Å². The molecule has 0 spiro atoms. The van der Waals surface area contributed by atoms with E-state index in [1.54, 1.807) is 6.08 Å². The summed E-state index contributed by atoms with van der Waals surface area (Å²) >= 11 is 0. The van der Waals surface area contributed by atoms with Crippen molar-refractivity contribution >= 4 is 11.9 Å². The highest BCUT2D eigenvalue weighted by molar-refractivity contribution is 5.87. The van der Waals surface area contributed by atoms with Crippen molar-refractivity contribution in [2.75, 3.05) is 0 Å². The molecule has 1 saturated heterocycles. The number of aliphatic carboxylic acids is 1. The average Bonchev–Trinajstić information content (AvgIpc) is 2.38. The van der Waals surface area contributed by atoms with Gasteiger partial charge in [-0.25, -0.2) is 4.79 Å². The summed E-state index contributed by atoms with van der Waals surface area (Å²) in [6.45, 7) is 3.73. The Labute approximate surface area is 94.3 Å². The lowest BCUT2D eigenvalue weighted by atomic mass is 9.87. The number of carbonyl (C=O) groups excluding carboxylic acids is 1. The van der Waals surface area contributed by atoms with E-state index in [9.17, 15) is 9.59 Å². The van der Waals surface area contributed by atoms with Gasteiger partial charge in [-0.2, -0.15) is 0 Å². The van der Waals surface area contributed by atoms with Crippen LogP contribution in [-0.2, 0) is 14.3 Å². The number of esters is 1. The van der Waals surface area contributed by atoms with Gasteiger partial charge in [0.2, 0.25) is 0 Å². The van der Waals surface area contributed by atoms with Gasteiger partial charge < -0.3 is 9.84 Å². The molecule has 4 atom stereocenters. The molecule has 1 heterocycles. The first kappa shape index (κ1) is 11.2. The third kappa shape index (κ3) is 1.72. The van der Waals surface area contributed by atoms with Crippen molar-refractivity contribution in [3.63, 3.8) is 0 Å². The van der Waals surface area contributed by atoms with E-state index < -0.39 is 5.97 Å². The first-order chi connectivity index (χ1) is 7.50. The van der Waals surface area contributed by atoms with Crippen LogP contribution in [0.2, 0.25) is 0 Å². The topological polar surface area (TPSA) is 63.6 Å². The Morgan fingerprint density at radius 3 is 2.81 bits per heavy atom. The summed E-state index contributed by atoms with van der Waals surface area (Å²) in [6, 6.07) is 0. The van der Waals surface area contributed by atoms with E-state index in [2.05, 4.69) is 0 Å².